The van der Waals surface area contributed by atoms with E-state index in [-0.39, 0.29) is 10.6 Å². The highest BCUT2D eigenvalue weighted by molar-refractivity contribution is 9.10. The van der Waals surface area contributed by atoms with Gasteiger partial charge in [-0.1, -0.05) is 35.2 Å². The molecular formula is C12H15BrN2O2. The van der Waals surface area contributed by atoms with Crippen LogP contribution in [-0.4, -0.2) is 11.0 Å². The highest BCUT2D eigenvalue weighted by atomic mass is 79.9. The second-order valence-corrected chi connectivity index (χ2v) is 5.31. The second-order valence-electron chi connectivity index (χ2n) is 4.40. The molecule has 0 aliphatic heterocycles. The minimum atomic E-state index is -0.336. The molecule has 1 aromatic carbocycles. The molecule has 0 radical (unpaired) electrons. The first-order chi connectivity index (χ1) is 8.16. The van der Waals surface area contributed by atoms with Crippen LogP contribution in [0, 0.1) is 10.1 Å². The largest absolute Gasteiger partial charge is 0.377 e. The molecule has 1 aliphatic carbocycles. The van der Waals surface area contributed by atoms with Crippen LogP contribution in [-0.2, 0) is 0 Å². The minimum absolute atomic E-state index is 0.152. The summed E-state index contributed by atoms with van der Waals surface area (Å²) < 4.78 is 0.862. The molecule has 1 N–H and O–H groups in total. The molecule has 0 amide bonds. The van der Waals surface area contributed by atoms with Crippen LogP contribution in [0.5, 0.6) is 0 Å². The van der Waals surface area contributed by atoms with E-state index in [9.17, 15) is 10.1 Å². The van der Waals surface area contributed by atoms with Crippen LogP contribution in [0.2, 0.25) is 0 Å². The first kappa shape index (κ1) is 12.4. The molecule has 1 aliphatic rings. The van der Waals surface area contributed by atoms with Crippen molar-refractivity contribution in [3.8, 4) is 0 Å². The van der Waals surface area contributed by atoms with Gasteiger partial charge in [0.2, 0.25) is 0 Å². The molecule has 1 fully saturated rings. The molecule has 2 rings (SSSR count). The Morgan fingerprint density at radius 3 is 2.65 bits per heavy atom. The van der Waals surface area contributed by atoms with E-state index in [0.29, 0.717) is 11.7 Å². The Balaban J connectivity index is 2.17. The number of anilines is 1. The predicted molar refractivity (Wildman–Crippen MR) is 71.3 cm³/mol. The number of nitrogens with one attached hydrogen (secondary N) is 1. The summed E-state index contributed by atoms with van der Waals surface area (Å²) in [7, 11) is 0. The quantitative estimate of drug-likeness (QED) is 0.675. The van der Waals surface area contributed by atoms with Gasteiger partial charge < -0.3 is 5.32 Å². The standard InChI is InChI=1S/C12H15BrN2O2/c13-9-6-7-12(15(16)17)11(8-9)14-10-4-2-1-3-5-10/h6-8,10,14H,1-5H2. The molecular weight excluding hydrogens is 284 g/mol. The molecule has 0 heterocycles. The molecule has 0 aromatic heterocycles. The molecule has 1 aromatic rings. The van der Waals surface area contributed by atoms with Gasteiger partial charge in [-0.25, -0.2) is 0 Å². The van der Waals surface area contributed by atoms with Gasteiger partial charge in [0.1, 0.15) is 5.69 Å². The first-order valence-corrected chi connectivity index (χ1v) is 6.66. The summed E-state index contributed by atoms with van der Waals surface area (Å²) in [5.74, 6) is 0. The number of nitro benzene ring substituents is 1. The normalized spacial score (nSPS) is 16.8. The van der Waals surface area contributed by atoms with Gasteiger partial charge in [-0.15, -0.1) is 0 Å². The maximum atomic E-state index is 10.9. The number of nitrogens with zero attached hydrogens (tertiary/aromatic N) is 1. The Hall–Kier alpha value is -1.10. The van der Waals surface area contributed by atoms with E-state index in [1.807, 2.05) is 0 Å². The van der Waals surface area contributed by atoms with Crippen molar-refractivity contribution < 1.29 is 4.92 Å². The number of benzene rings is 1. The Morgan fingerprint density at radius 2 is 2.00 bits per heavy atom. The highest BCUT2D eigenvalue weighted by Gasteiger charge is 2.19. The van der Waals surface area contributed by atoms with E-state index in [1.54, 1.807) is 12.1 Å². The molecule has 1 saturated carbocycles. The fraction of sp³-hybridized carbons (Fsp3) is 0.500. The van der Waals surface area contributed by atoms with E-state index in [0.717, 1.165) is 17.3 Å². The van der Waals surface area contributed by atoms with Gasteiger partial charge in [0.25, 0.3) is 5.69 Å². The van der Waals surface area contributed by atoms with Crippen LogP contribution in [0.15, 0.2) is 22.7 Å². The van der Waals surface area contributed by atoms with Gasteiger partial charge in [-0.3, -0.25) is 10.1 Å². The van der Waals surface area contributed by atoms with E-state index in [2.05, 4.69) is 21.2 Å². The molecule has 0 saturated heterocycles. The molecule has 0 bridgehead atoms. The zero-order chi connectivity index (χ0) is 12.3. The molecule has 92 valence electrons. The van der Waals surface area contributed by atoms with Crippen LogP contribution in [0.4, 0.5) is 11.4 Å². The van der Waals surface area contributed by atoms with Crippen molar-refractivity contribution in [1.29, 1.82) is 0 Å². The summed E-state index contributed by atoms with van der Waals surface area (Å²) in [6, 6.07) is 5.39. The fourth-order valence-electron chi connectivity index (χ4n) is 2.25. The number of rotatable bonds is 3. The molecule has 17 heavy (non-hydrogen) atoms. The molecule has 5 heteroatoms. The third-order valence-electron chi connectivity index (χ3n) is 3.12. The van der Waals surface area contributed by atoms with Crippen LogP contribution in [0.25, 0.3) is 0 Å². The summed E-state index contributed by atoms with van der Waals surface area (Å²) in [6.07, 6.45) is 5.89. The third-order valence-corrected chi connectivity index (χ3v) is 3.61. The van der Waals surface area contributed by atoms with E-state index >= 15 is 0 Å². The van der Waals surface area contributed by atoms with Crippen molar-refractivity contribution in [2.45, 2.75) is 38.1 Å². The second kappa shape index (κ2) is 5.49. The van der Waals surface area contributed by atoms with Gasteiger partial charge in [0.05, 0.1) is 4.92 Å². The van der Waals surface area contributed by atoms with Crippen molar-refractivity contribution in [3.63, 3.8) is 0 Å². The van der Waals surface area contributed by atoms with Crippen LogP contribution < -0.4 is 5.32 Å². The van der Waals surface area contributed by atoms with Gasteiger partial charge in [-0.2, -0.15) is 0 Å². The van der Waals surface area contributed by atoms with Crippen LogP contribution in [0.3, 0.4) is 0 Å². The van der Waals surface area contributed by atoms with Crippen molar-refractivity contribution in [2.75, 3.05) is 5.32 Å². The van der Waals surface area contributed by atoms with Crippen LogP contribution >= 0.6 is 15.9 Å². The Morgan fingerprint density at radius 1 is 1.29 bits per heavy atom. The summed E-state index contributed by atoms with van der Waals surface area (Å²) in [6.45, 7) is 0. The number of nitro groups is 1. The molecule has 0 unspecified atom stereocenters. The average molecular weight is 299 g/mol. The van der Waals surface area contributed by atoms with Gasteiger partial charge in [0.15, 0.2) is 0 Å². The first-order valence-electron chi connectivity index (χ1n) is 5.87. The number of hydrogen-bond donors (Lipinski definition) is 1. The lowest BCUT2D eigenvalue weighted by Gasteiger charge is -2.23. The smallest absolute Gasteiger partial charge is 0.292 e. The lowest BCUT2D eigenvalue weighted by molar-refractivity contribution is -0.384. The highest BCUT2D eigenvalue weighted by Crippen LogP contribution is 2.30. The van der Waals surface area contributed by atoms with Crippen molar-refractivity contribution in [2.24, 2.45) is 0 Å². The van der Waals surface area contributed by atoms with Gasteiger partial charge in [0, 0.05) is 16.6 Å². The lowest BCUT2D eigenvalue weighted by Crippen LogP contribution is -2.22. The summed E-state index contributed by atoms with van der Waals surface area (Å²) in [5.41, 5.74) is 0.773. The predicted octanol–water partition coefficient (Wildman–Crippen LogP) is 4.10. The number of hydrogen-bond acceptors (Lipinski definition) is 3. The van der Waals surface area contributed by atoms with Gasteiger partial charge >= 0.3 is 0 Å². The van der Waals surface area contributed by atoms with Crippen molar-refractivity contribution >= 4 is 27.3 Å². The zero-order valence-electron chi connectivity index (χ0n) is 9.49. The summed E-state index contributed by atoms with van der Waals surface area (Å²) in [5, 5.41) is 14.2. The molecule has 0 spiro atoms. The van der Waals surface area contributed by atoms with Crippen LogP contribution in [0.1, 0.15) is 32.1 Å². The van der Waals surface area contributed by atoms with Crippen molar-refractivity contribution in [3.05, 3.63) is 32.8 Å². The van der Waals surface area contributed by atoms with Crippen molar-refractivity contribution in [1.82, 2.24) is 0 Å². The maximum Gasteiger partial charge on any atom is 0.292 e. The van der Waals surface area contributed by atoms with Gasteiger partial charge in [-0.05, 0) is 25.0 Å². The van der Waals surface area contributed by atoms with E-state index in [1.165, 1.54) is 25.3 Å². The number of halogens is 1. The Labute approximate surface area is 109 Å². The zero-order valence-corrected chi connectivity index (χ0v) is 11.1. The third kappa shape index (κ3) is 3.19. The van der Waals surface area contributed by atoms with E-state index in [4.69, 9.17) is 0 Å². The SMILES string of the molecule is O=[N+]([O-])c1ccc(Br)cc1NC1CCCCC1. The Kier molecular flexibility index (Phi) is 3.99. The maximum absolute atomic E-state index is 10.9. The topological polar surface area (TPSA) is 55.2 Å². The fourth-order valence-corrected chi connectivity index (χ4v) is 2.61. The molecule has 0 atom stereocenters. The monoisotopic (exact) mass is 298 g/mol. The lowest BCUT2D eigenvalue weighted by atomic mass is 9.95. The summed E-state index contributed by atoms with van der Waals surface area (Å²) >= 11 is 3.35. The Bertz CT molecular complexity index is 417. The minimum Gasteiger partial charge on any atom is -0.377 e. The molecule has 4 nitrogen and oxygen atoms in total. The summed E-state index contributed by atoms with van der Waals surface area (Å²) in [4.78, 5) is 10.6. The average Bonchev–Trinajstić information content (AvgIpc) is 2.30. The van der Waals surface area contributed by atoms with E-state index < -0.39 is 0 Å².